The molecular formula is C12H14O3. The molecule has 0 amide bonds. The summed E-state index contributed by atoms with van der Waals surface area (Å²) >= 11 is 0. The lowest BCUT2D eigenvalue weighted by molar-refractivity contribution is 0.104. The van der Waals surface area contributed by atoms with E-state index in [0.717, 1.165) is 5.75 Å². The molecule has 0 bridgehead atoms. The summed E-state index contributed by atoms with van der Waals surface area (Å²) in [6, 6.07) is 7.01. The number of benzene rings is 1. The number of allylic oxidation sites excluding steroid dienone is 1. The lowest BCUT2D eigenvalue weighted by atomic mass is 10.1. The molecule has 0 fully saturated rings. The molecule has 0 radical (unpaired) electrons. The van der Waals surface area contributed by atoms with E-state index in [4.69, 9.17) is 4.74 Å². The Hall–Kier alpha value is -1.77. The molecule has 3 nitrogen and oxygen atoms in total. The average molecular weight is 206 g/mol. The van der Waals surface area contributed by atoms with Crippen molar-refractivity contribution in [1.29, 1.82) is 0 Å². The Labute approximate surface area is 89.3 Å². The first-order valence-electron chi connectivity index (χ1n) is 4.74. The molecule has 0 spiro atoms. The molecule has 0 saturated carbocycles. The van der Waals surface area contributed by atoms with Crippen LogP contribution >= 0.6 is 0 Å². The molecule has 0 N–H and O–H groups in total. The van der Waals surface area contributed by atoms with Gasteiger partial charge in [0.2, 0.25) is 0 Å². The third-order valence-electron chi connectivity index (χ3n) is 1.81. The number of carbonyl (C=O) groups is 1. The van der Waals surface area contributed by atoms with Gasteiger partial charge in [0.1, 0.15) is 5.75 Å². The molecule has 1 rings (SSSR count). The lowest BCUT2D eigenvalue weighted by Crippen LogP contribution is -1.95. The molecule has 0 atom stereocenters. The molecule has 0 aliphatic carbocycles. The molecule has 0 unspecified atom stereocenters. The maximum atomic E-state index is 11.5. The minimum Gasteiger partial charge on any atom is -0.504 e. The van der Waals surface area contributed by atoms with E-state index in [-0.39, 0.29) is 5.78 Å². The van der Waals surface area contributed by atoms with Gasteiger partial charge in [0, 0.05) is 11.6 Å². The molecule has 80 valence electrons. The second-order valence-electron chi connectivity index (χ2n) is 2.86. The molecule has 0 aliphatic heterocycles. The first-order chi connectivity index (χ1) is 7.27. The summed E-state index contributed by atoms with van der Waals surface area (Å²) in [7, 11) is 1.50. The number of hydrogen-bond acceptors (Lipinski definition) is 3. The van der Waals surface area contributed by atoms with E-state index in [1.807, 2.05) is 6.92 Å². The molecular weight excluding hydrogens is 192 g/mol. The number of methoxy groups -OCH3 is 1. The van der Waals surface area contributed by atoms with E-state index in [2.05, 4.69) is 4.74 Å². The Balaban J connectivity index is 2.71. The molecule has 3 heteroatoms. The summed E-state index contributed by atoms with van der Waals surface area (Å²) in [5, 5.41) is 0. The highest BCUT2D eigenvalue weighted by Crippen LogP contribution is 2.12. The van der Waals surface area contributed by atoms with Crippen LogP contribution in [0, 0.1) is 0 Å². The molecule has 0 heterocycles. The van der Waals surface area contributed by atoms with E-state index >= 15 is 0 Å². The van der Waals surface area contributed by atoms with Crippen LogP contribution in [0.15, 0.2) is 36.6 Å². The maximum absolute atomic E-state index is 11.5. The number of hydrogen-bond donors (Lipinski definition) is 0. The fourth-order valence-electron chi connectivity index (χ4n) is 1.11. The van der Waals surface area contributed by atoms with Gasteiger partial charge in [0.15, 0.2) is 5.78 Å². The van der Waals surface area contributed by atoms with E-state index in [9.17, 15) is 4.79 Å². The Bertz CT molecular complexity index is 338. The quantitative estimate of drug-likeness (QED) is 0.421. The fraction of sp³-hybridized carbons (Fsp3) is 0.250. The first-order valence-corrected chi connectivity index (χ1v) is 4.74. The van der Waals surface area contributed by atoms with Crippen LogP contribution in [0.4, 0.5) is 0 Å². The van der Waals surface area contributed by atoms with Crippen molar-refractivity contribution in [2.45, 2.75) is 6.92 Å². The number of ketones is 1. The highest BCUT2D eigenvalue weighted by atomic mass is 16.5. The van der Waals surface area contributed by atoms with Crippen molar-refractivity contribution >= 4 is 5.78 Å². The third-order valence-corrected chi connectivity index (χ3v) is 1.81. The first kappa shape index (κ1) is 11.3. The van der Waals surface area contributed by atoms with Crippen LogP contribution in [-0.2, 0) is 4.74 Å². The van der Waals surface area contributed by atoms with Crippen LogP contribution in [-0.4, -0.2) is 19.5 Å². The SMILES string of the molecule is CCOc1ccc(C(=O)/C=C/OC)cc1. The van der Waals surface area contributed by atoms with Crippen LogP contribution in [0.3, 0.4) is 0 Å². The Morgan fingerprint density at radius 3 is 2.53 bits per heavy atom. The predicted molar refractivity (Wildman–Crippen MR) is 58.1 cm³/mol. The van der Waals surface area contributed by atoms with Gasteiger partial charge < -0.3 is 9.47 Å². The van der Waals surface area contributed by atoms with E-state index in [1.165, 1.54) is 19.4 Å². The van der Waals surface area contributed by atoms with Crippen molar-refractivity contribution < 1.29 is 14.3 Å². The summed E-state index contributed by atoms with van der Waals surface area (Å²) in [6.45, 7) is 2.54. The van der Waals surface area contributed by atoms with Crippen LogP contribution in [0.5, 0.6) is 5.75 Å². The fourth-order valence-corrected chi connectivity index (χ4v) is 1.11. The summed E-state index contributed by atoms with van der Waals surface area (Å²) < 4.78 is 9.94. The van der Waals surface area contributed by atoms with Crippen molar-refractivity contribution in [3.05, 3.63) is 42.2 Å². The van der Waals surface area contributed by atoms with Gasteiger partial charge in [-0.25, -0.2) is 0 Å². The van der Waals surface area contributed by atoms with Crippen molar-refractivity contribution in [3.63, 3.8) is 0 Å². The molecule has 0 aliphatic rings. The summed E-state index contributed by atoms with van der Waals surface area (Å²) in [5.74, 6) is 0.685. The zero-order valence-corrected chi connectivity index (χ0v) is 8.90. The van der Waals surface area contributed by atoms with Gasteiger partial charge in [-0.1, -0.05) is 0 Å². The van der Waals surface area contributed by atoms with Crippen LogP contribution in [0.1, 0.15) is 17.3 Å². The van der Waals surface area contributed by atoms with Gasteiger partial charge >= 0.3 is 0 Å². The van der Waals surface area contributed by atoms with Crippen LogP contribution in [0.25, 0.3) is 0 Å². The standard InChI is InChI=1S/C12H14O3/c1-3-15-11-6-4-10(5-7-11)12(13)8-9-14-2/h4-9H,3H2,1-2H3/b9-8+. The Morgan fingerprint density at radius 2 is 2.00 bits per heavy atom. The van der Waals surface area contributed by atoms with Gasteiger partial charge in [-0.05, 0) is 31.2 Å². The summed E-state index contributed by atoms with van der Waals surface area (Å²) in [5.41, 5.74) is 0.617. The monoisotopic (exact) mass is 206 g/mol. The second-order valence-corrected chi connectivity index (χ2v) is 2.86. The Kier molecular flexibility index (Phi) is 4.41. The highest BCUT2D eigenvalue weighted by Gasteiger charge is 2.01. The lowest BCUT2D eigenvalue weighted by Gasteiger charge is -2.02. The second kappa shape index (κ2) is 5.86. The minimum absolute atomic E-state index is 0.0834. The number of rotatable bonds is 5. The zero-order chi connectivity index (χ0) is 11.1. The zero-order valence-electron chi connectivity index (χ0n) is 8.90. The van der Waals surface area contributed by atoms with Gasteiger partial charge in [0.25, 0.3) is 0 Å². The molecule has 1 aromatic rings. The van der Waals surface area contributed by atoms with Crippen LogP contribution < -0.4 is 4.74 Å². The van der Waals surface area contributed by atoms with Gasteiger partial charge in [-0.2, -0.15) is 0 Å². The molecule has 0 aromatic heterocycles. The van der Waals surface area contributed by atoms with Gasteiger partial charge in [-0.3, -0.25) is 4.79 Å². The number of ether oxygens (including phenoxy) is 2. The summed E-state index contributed by atoms with van der Waals surface area (Å²) in [4.78, 5) is 11.5. The van der Waals surface area contributed by atoms with E-state index in [0.29, 0.717) is 12.2 Å². The topological polar surface area (TPSA) is 35.5 Å². The van der Waals surface area contributed by atoms with Gasteiger partial charge in [0.05, 0.1) is 20.0 Å². The molecule has 1 aromatic carbocycles. The largest absolute Gasteiger partial charge is 0.504 e. The highest BCUT2D eigenvalue weighted by molar-refractivity contribution is 6.04. The van der Waals surface area contributed by atoms with Crippen molar-refractivity contribution in [1.82, 2.24) is 0 Å². The van der Waals surface area contributed by atoms with E-state index in [1.54, 1.807) is 24.3 Å². The van der Waals surface area contributed by atoms with E-state index < -0.39 is 0 Å². The maximum Gasteiger partial charge on any atom is 0.188 e. The molecule has 15 heavy (non-hydrogen) atoms. The normalized spacial score (nSPS) is 10.3. The summed E-state index contributed by atoms with van der Waals surface area (Å²) in [6.07, 6.45) is 2.74. The van der Waals surface area contributed by atoms with Crippen LogP contribution in [0.2, 0.25) is 0 Å². The smallest absolute Gasteiger partial charge is 0.188 e. The Morgan fingerprint density at radius 1 is 1.33 bits per heavy atom. The van der Waals surface area contributed by atoms with Crippen molar-refractivity contribution in [2.24, 2.45) is 0 Å². The minimum atomic E-state index is -0.0834. The van der Waals surface area contributed by atoms with Crippen molar-refractivity contribution in [2.75, 3.05) is 13.7 Å². The van der Waals surface area contributed by atoms with Gasteiger partial charge in [-0.15, -0.1) is 0 Å². The average Bonchev–Trinajstić information content (AvgIpc) is 2.27. The number of carbonyl (C=O) groups excluding carboxylic acids is 1. The molecule has 0 saturated heterocycles. The predicted octanol–water partition coefficient (Wildman–Crippen LogP) is 2.43. The van der Waals surface area contributed by atoms with Crippen molar-refractivity contribution in [3.8, 4) is 5.75 Å². The third kappa shape index (κ3) is 3.46.